The van der Waals surface area contributed by atoms with Gasteiger partial charge in [-0.25, -0.2) is 10.1 Å². The number of para-hydroxylation sites is 1. The number of aromatic amines is 1. The second kappa shape index (κ2) is 5.58. The maximum absolute atomic E-state index is 12.1. The molecule has 3 aromatic rings. The van der Waals surface area contributed by atoms with Gasteiger partial charge in [0.05, 0.1) is 12.1 Å². The standard InChI is InChI=1S/C14H13N5O2/c1-2-21-14-17-13(18-19-14)16-12(20)11-8-7-9-5-3-4-6-10(9)15-11/h3-8H,2H2,1H3,(H2,16,17,18,19,20). The Morgan fingerprint density at radius 3 is 2.95 bits per heavy atom. The van der Waals surface area contributed by atoms with Crippen molar-refractivity contribution in [2.24, 2.45) is 0 Å². The quantitative estimate of drug-likeness (QED) is 0.764. The van der Waals surface area contributed by atoms with Crippen LogP contribution in [0.15, 0.2) is 36.4 Å². The Bertz CT molecular complexity index is 784. The molecule has 7 nitrogen and oxygen atoms in total. The van der Waals surface area contributed by atoms with Gasteiger partial charge in [-0.05, 0) is 19.1 Å². The van der Waals surface area contributed by atoms with Crippen LogP contribution >= 0.6 is 0 Å². The molecule has 3 rings (SSSR count). The van der Waals surface area contributed by atoms with Gasteiger partial charge in [0.2, 0.25) is 5.95 Å². The van der Waals surface area contributed by atoms with Gasteiger partial charge in [-0.2, -0.15) is 4.98 Å². The minimum atomic E-state index is -0.361. The smallest absolute Gasteiger partial charge is 0.337 e. The summed E-state index contributed by atoms with van der Waals surface area (Å²) in [7, 11) is 0. The number of nitrogens with one attached hydrogen (secondary N) is 2. The Morgan fingerprint density at radius 1 is 1.24 bits per heavy atom. The molecule has 0 aliphatic heterocycles. The van der Waals surface area contributed by atoms with Gasteiger partial charge in [-0.1, -0.05) is 24.3 Å². The first-order chi connectivity index (χ1) is 10.3. The SMILES string of the molecule is CCOc1n[nH]c(NC(=O)c2ccc3ccccc3n2)n1. The number of nitrogens with zero attached hydrogens (tertiary/aromatic N) is 3. The summed E-state index contributed by atoms with van der Waals surface area (Å²) in [4.78, 5) is 20.4. The number of H-pyrrole nitrogens is 1. The van der Waals surface area contributed by atoms with Gasteiger partial charge in [0.1, 0.15) is 5.69 Å². The number of carbonyl (C=O) groups excluding carboxylic acids is 1. The predicted octanol–water partition coefficient (Wildman–Crippen LogP) is 2.00. The average molecular weight is 283 g/mol. The van der Waals surface area contributed by atoms with E-state index in [9.17, 15) is 4.79 Å². The lowest BCUT2D eigenvalue weighted by molar-refractivity contribution is 0.102. The maximum atomic E-state index is 12.1. The fraction of sp³-hybridized carbons (Fsp3) is 0.143. The van der Waals surface area contributed by atoms with Crippen LogP contribution in [0.2, 0.25) is 0 Å². The van der Waals surface area contributed by atoms with Gasteiger partial charge in [-0.15, -0.1) is 5.10 Å². The number of fused-ring (bicyclic) bond motifs is 1. The molecular formula is C14H13N5O2. The normalized spacial score (nSPS) is 10.5. The van der Waals surface area contributed by atoms with Crippen LogP contribution in [0.5, 0.6) is 6.01 Å². The highest BCUT2D eigenvalue weighted by Crippen LogP contribution is 2.13. The van der Waals surface area contributed by atoms with E-state index in [1.807, 2.05) is 37.3 Å². The third-order valence-corrected chi connectivity index (χ3v) is 2.80. The summed E-state index contributed by atoms with van der Waals surface area (Å²) >= 11 is 0. The summed E-state index contributed by atoms with van der Waals surface area (Å²) in [6, 6.07) is 11.3. The minimum Gasteiger partial charge on any atom is -0.463 e. The molecule has 1 aromatic carbocycles. The van der Waals surface area contributed by atoms with Crippen LogP contribution in [-0.4, -0.2) is 32.7 Å². The highest BCUT2D eigenvalue weighted by atomic mass is 16.5. The predicted molar refractivity (Wildman–Crippen MR) is 77.2 cm³/mol. The number of carbonyl (C=O) groups is 1. The van der Waals surface area contributed by atoms with Crippen molar-refractivity contribution in [3.05, 3.63) is 42.1 Å². The number of ether oxygens (including phenoxy) is 1. The van der Waals surface area contributed by atoms with E-state index in [0.29, 0.717) is 12.3 Å². The molecule has 2 heterocycles. The van der Waals surface area contributed by atoms with E-state index in [-0.39, 0.29) is 17.9 Å². The maximum Gasteiger partial charge on any atom is 0.337 e. The third kappa shape index (κ3) is 2.81. The van der Waals surface area contributed by atoms with Crippen LogP contribution in [0.4, 0.5) is 5.95 Å². The first-order valence-corrected chi connectivity index (χ1v) is 6.48. The molecule has 0 fully saturated rings. The molecule has 7 heteroatoms. The lowest BCUT2D eigenvalue weighted by atomic mass is 10.2. The number of anilines is 1. The molecule has 0 aliphatic rings. The Hall–Kier alpha value is -2.96. The topological polar surface area (TPSA) is 92.8 Å². The van der Waals surface area contributed by atoms with Crippen LogP contribution in [0, 0.1) is 0 Å². The van der Waals surface area contributed by atoms with E-state index in [1.165, 1.54) is 0 Å². The molecule has 0 saturated heterocycles. The molecule has 0 saturated carbocycles. The number of aromatic nitrogens is 4. The number of hydrogen-bond donors (Lipinski definition) is 2. The first kappa shape index (κ1) is 13.0. The van der Waals surface area contributed by atoms with Crippen molar-refractivity contribution in [3.8, 4) is 6.01 Å². The van der Waals surface area contributed by atoms with Gasteiger partial charge in [0, 0.05) is 5.39 Å². The Balaban J connectivity index is 1.79. The number of benzene rings is 1. The summed E-state index contributed by atoms with van der Waals surface area (Å²) in [5.74, 6) is -0.140. The zero-order valence-electron chi connectivity index (χ0n) is 11.3. The second-order valence-electron chi connectivity index (χ2n) is 4.24. The Kier molecular flexibility index (Phi) is 3.46. The molecule has 0 unspecified atom stereocenters. The largest absolute Gasteiger partial charge is 0.463 e. The molecule has 0 aliphatic carbocycles. The van der Waals surface area contributed by atoms with E-state index in [0.717, 1.165) is 10.9 Å². The van der Waals surface area contributed by atoms with E-state index in [4.69, 9.17) is 4.74 Å². The van der Waals surface area contributed by atoms with Crippen molar-refractivity contribution in [1.29, 1.82) is 0 Å². The summed E-state index contributed by atoms with van der Waals surface area (Å²) < 4.78 is 5.11. The van der Waals surface area contributed by atoms with Crippen LogP contribution in [-0.2, 0) is 0 Å². The molecule has 1 amide bonds. The van der Waals surface area contributed by atoms with E-state index in [2.05, 4.69) is 25.5 Å². The fourth-order valence-corrected chi connectivity index (χ4v) is 1.86. The average Bonchev–Trinajstić information content (AvgIpc) is 2.94. The second-order valence-corrected chi connectivity index (χ2v) is 4.24. The summed E-state index contributed by atoms with van der Waals surface area (Å²) in [5.41, 5.74) is 1.07. The summed E-state index contributed by atoms with van der Waals surface area (Å²) in [5, 5.41) is 9.96. The lowest BCUT2D eigenvalue weighted by Gasteiger charge is -2.02. The molecule has 21 heavy (non-hydrogen) atoms. The minimum absolute atomic E-state index is 0.194. The van der Waals surface area contributed by atoms with Gasteiger partial charge in [0.15, 0.2) is 0 Å². The number of amides is 1. The monoisotopic (exact) mass is 283 g/mol. The Morgan fingerprint density at radius 2 is 2.10 bits per heavy atom. The number of rotatable bonds is 4. The molecular weight excluding hydrogens is 270 g/mol. The number of hydrogen-bond acceptors (Lipinski definition) is 5. The van der Waals surface area contributed by atoms with Gasteiger partial charge >= 0.3 is 6.01 Å². The lowest BCUT2D eigenvalue weighted by Crippen LogP contribution is -2.14. The van der Waals surface area contributed by atoms with Crippen molar-refractivity contribution in [1.82, 2.24) is 20.2 Å². The van der Waals surface area contributed by atoms with Crippen molar-refractivity contribution in [2.75, 3.05) is 11.9 Å². The molecule has 0 bridgehead atoms. The van der Waals surface area contributed by atoms with Crippen molar-refractivity contribution in [3.63, 3.8) is 0 Å². The van der Waals surface area contributed by atoms with E-state index in [1.54, 1.807) is 6.07 Å². The van der Waals surface area contributed by atoms with E-state index >= 15 is 0 Å². The van der Waals surface area contributed by atoms with Crippen molar-refractivity contribution in [2.45, 2.75) is 6.92 Å². The number of pyridine rings is 1. The van der Waals surface area contributed by atoms with Gasteiger partial charge < -0.3 is 4.74 Å². The fourth-order valence-electron chi connectivity index (χ4n) is 1.86. The van der Waals surface area contributed by atoms with Crippen LogP contribution < -0.4 is 10.1 Å². The van der Waals surface area contributed by atoms with Gasteiger partial charge in [-0.3, -0.25) is 10.1 Å². The molecule has 0 atom stereocenters. The zero-order chi connectivity index (χ0) is 14.7. The molecule has 0 spiro atoms. The molecule has 106 valence electrons. The van der Waals surface area contributed by atoms with Gasteiger partial charge in [0.25, 0.3) is 5.91 Å². The molecule has 2 aromatic heterocycles. The Labute approximate surface area is 120 Å². The molecule has 2 N–H and O–H groups in total. The van der Waals surface area contributed by atoms with Crippen LogP contribution in [0.25, 0.3) is 10.9 Å². The highest BCUT2D eigenvalue weighted by Gasteiger charge is 2.11. The molecule has 0 radical (unpaired) electrons. The third-order valence-electron chi connectivity index (χ3n) is 2.80. The summed E-state index contributed by atoms with van der Waals surface area (Å²) in [6.07, 6.45) is 0. The van der Waals surface area contributed by atoms with E-state index < -0.39 is 0 Å². The first-order valence-electron chi connectivity index (χ1n) is 6.48. The van der Waals surface area contributed by atoms with Crippen molar-refractivity contribution >= 4 is 22.8 Å². The highest BCUT2D eigenvalue weighted by molar-refractivity contribution is 6.03. The van der Waals surface area contributed by atoms with Crippen LogP contribution in [0.3, 0.4) is 0 Å². The zero-order valence-corrected chi connectivity index (χ0v) is 11.3. The van der Waals surface area contributed by atoms with Crippen molar-refractivity contribution < 1.29 is 9.53 Å². The van der Waals surface area contributed by atoms with Crippen LogP contribution in [0.1, 0.15) is 17.4 Å². The summed E-state index contributed by atoms with van der Waals surface area (Å²) in [6.45, 7) is 2.28.